The largest absolute Gasteiger partial charge is 0.314 e. The number of benzene rings is 2. The highest BCUT2D eigenvalue weighted by molar-refractivity contribution is 5.77. The van der Waals surface area contributed by atoms with Gasteiger partial charge in [0.25, 0.3) is 0 Å². The summed E-state index contributed by atoms with van der Waals surface area (Å²) in [7, 11) is 0. The van der Waals surface area contributed by atoms with Gasteiger partial charge in [0.15, 0.2) is 0 Å². The standard InChI is InChI=1S/C20H25N/c1-4-11-21-15(3)14(2)16-9-10-20-18(12-16)13-17-7-5-6-8-19(17)20/h5-10,12,14-15,21H,4,11,13H2,1-3H3. The van der Waals surface area contributed by atoms with Crippen molar-refractivity contribution in [3.63, 3.8) is 0 Å². The Morgan fingerprint density at radius 3 is 2.57 bits per heavy atom. The number of nitrogens with one attached hydrogen (secondary N) is 1. The second kappa shape index (κ2) is 6.03. The first-order valence-corrected chi connectivity index (χ1v) is 8.15. The van der Waals surface area contributed by atoms with Crippen molar-refractivity contribution in [1.82, 2.24) is 5.32 Å². The number of rotatable bonds is 5. The summed E-state index contributed by atoms with van der Waals surface area (Å²) in [5.41, 5.74) is 7.26. The Kier molecular flexibility index (Phi) is 4.12. The predicted octanol–water partition coefficient (Wildman–Crippen LogP) is 4.75. The zero-order chi connectivity index (χ0) is 14.8. The molecule has 0 fully saturated rings. The van der Waals surface area contributed by atoms with E-state index in [1.54, 1.807) is 0 Å². The Labute approximate surface area is 128 Å². The molecule has 0 saturated heterocycles. The van der Waals surface area contributed by atoms with Crippen LogP contribution in [-0.2, 0) is 6.42 Å². The minimum atomic E-state index is 0.520. The lowest BCUT2D eigenvalue weighted by molar-refractivity contribution is 0.481. The molecule has 0 spiro atoms. The normalized spacial score (nSPS) is 15.4. The summed E-state index contributed by atoms with van der Waals surface area (Å²) in [4.78, 5) is 0. The molecule has 110 valence electrons. The highest BCUT2D eigenvalue weighted by Gasteiger charge is 2.20. The van der Waals surface area contributed by atoms with E-state index >= 15 is 0 Å². The van der Waals surface area contributed by atoms with Gasteiger partial charge in [0.1, 0.15) is 0 Å². The third kappa shape index (κ3) is 2.75. The van der Waals surface area contributed by atoms with Crippen molar-refractivity contribution in [3.05, 3.63) is 59.2 Å². The molecule has 0 amide bonds. The van der Waals surface area contributed by atoms with Gasteiger partial charge in [0.2, 0.25) is 0 Å². The van der Waals surface area contributed by atoms with Crippen LogP contribution in [0, 0.1) is 0 Å². The van der Waals surface area contributed by atoms with E-state index in [1.165, 1.54) is 34.2 Å². The van der Waals surface area contributed by atoms with Crippen molar-refractivity contribution in [2.24, 2.45) is 0 Å². The maximum Gasteiger partial charge on any atom is 0.0105 e. The van der Waals surface area contributed by atoms with Gasteiger partial charge in [-0.25, -0.2) is 0 Å². The monoisotopic (exact) mass is 279 g/mol. The highest BCUT2D eigenvalue weighted by Crippen LogP contribution is 2.37. The molecule has 0 radical (unpaired) electrons. The lowest BCUT2D eigenvalue weighted by atomic mass is 9.91. The molecular formula is C20H25N. The molecule has 1 heteroatoms. The molecule has 0 bridgehead atoms. The molecule has 0 aromatic heterocycles. The van der Waals surface area contributed by atoms with Gasteiger partial charge in [-0.3, -0.25) is 0 Å². The van der Waals surface area contributed by atoms with E-state index in [-0.39, 0.29) is 0 Å². The van der Waals surface area contributed by atoms with E-state index in [2.05, 4.69) is 68.6 Å². The lowest BCUT2D eigenvalue weighted by Crippen LogP contribution is -2.31. The summed E-state index contributed by atoms with van der Waals surface area (Å²) in [6.07, 6.45) is 2.28. The van der Waals surface area contributed by atoms with Gasteiger partial charge in [0.05, 0.1) is 0 Å². The molecule has 0 heterocycles. The smallest absolute Gasteiger partial charge is 0.0105 e. The average Bonchev–Trinajstić information content (AvgIpc) is 2.89. The van der Waals surface area contributed by atoms with E-state index < -0.39 is 0 Å². The van der Waals surface area contributed by atoms with E-state index in [0.29, 0.717) is 12.0 Å². The highest BCUT2D eigenvalue weighted by atomic mass is 14.9. The Morgan fingerprint density at radius 1 is 1.00 bits per heavy atom. The van der Waals surface area contributed by atoms with Crippen molar-refractivity contribution >= 4 is 0 Å². The topological polar surface area (TPSA) is 12.0 Å². The summed E-state index contributed by atoms with van der Waals surface area (Å²) in [5.74, 6) is 0.547. The second-order valence-electron chi connectivity index (χ2n) is 6.28. The van der Waals surface area contributed by atoms with Crippen LogP contribution in [0.5, 0.6) is 0 Å². The van der Waals surface area contributed by atoms with Crippen LogP contribution >= 0.6 is 0 Å². The Balaban J connectivity index is 1.83. The molecular weight excluding hydrogens is 254 g/mol. The number of hydrogen-bond donors (Lipinski definition) is 1. The Morgan fingerprint density at radius 2 is 1.76 bits per heavy atom. The summed E-state index contributed by atoms with van der Waals surface area (Å²) in [5, 5.41) is 3.62. The van der Waals surface area contributed by atoms with Crippen molar-refractivity contribution in [1.29, 1.82) is 0 Å². The molecule has 1 N–H and O–H groups in total. The summed E-state index contributed by atoms with van der Waals surface area (Å²) in [6.45, 7) is 7.94. The fraction of sp³-hybridized carbons (Fsp3) is 0.400. The van der Waals surface area contributed by atoms with Gasteiger partial charge < -0.3 is 5.32 Å². The van der Waals surface area contributed by atoms with E-state index in [9.17, 15) is 0 Å². The molecule has 0 aliphatic heterocycles. The fourth-order valence-electron chi connectivity index (χ4n) is 3.29. The zero-order valence-corrected chi connectivity index (χ0v) is 13.3. The maximum absolute atomic E-state index is 3.62. The van der Waals surface area contributed by atoms with Crippen LogP contribution in [0.15, 0.2) is 42.5 Å². The molecule has 1 aliphatic rings. The third-order valence-corrected chi connectivity index (χ3v) is 4.81. The first-order valence-electron chi connectivity index (χ1n) is 8.15. The van der Waals surface area contributed by atoms with E-state index in [4.69, 9.17) is 0 Å². The van der Waals surface area contributed by atoms with E-state index in [0.717, 1.165) is 13.0 Å². The molecule has 3 rings (SSSR count). The SMILES string of the molecule is CCCNC(C)C(C)c1ccc2c(c1)Cc1ccccc1-2. The molecule has 2 aromatic carbocycles. The minimum Gasteiger partial charge on any atom is -0.314 e. The van der Waals surface area contributed by atoms with Crippen LogP contribution in [0.25, 0.3) is 11.1 Å². The molecule has 0 saturated carbocycles. The van der Waals surface area contributed by atoms with E-state index in [1.807, 2.05) is 0 Å². The maximum atomic E-state index is 3.62. The van der Waals surface area contributed by atoms with Gasteiger partial charge >= 0.3 is 0 Å². The van der Waals surface area contributed by atoms with Crippen LogP contribution in [0.1, 0.15) is 49.8 Å². The number of fused-ring (bicyclic) bond motifs is 3. The summed E-state index contributed by atoms with van der Waals surface area (Å²) >= 11 is 0. The quantitative estimate of drug-likeness (QED) is 0.710. The first-order chi connectivity index (χ1) is 10.2. The molecule has 2 atom stereocenters. The Bertz CT molecular complexity index is 629. The lowest BCUT2D eigenvalue weighted by Gasteiger charge is -2.22. The molecule has 21 heavy (non-hydrogen) atoms. The van der Waals surface area contributed by atoms with Crippen LogP contribution in [0.3, 0.4) is 0 Å². The average molecular weight is 279 g/mol. The van der Waals surface area contributed by atoms with Crippen molar-refractivity contribution < 1.29 is 0 Å². The van der Waals surface area contributed by atoms with Gasteiger partial charge in [-0.2, -0.15) is 0 Å². The van der Waals surface area contributed by atoms with Gasteiger partial charge in [-0.15, -0.1) is 0 Å². The van der Waals surface area contributed by atoms with Gasteiger partial charge in [-0.1, -0.05) is 56.3 Å². The van der Waals surface area contributed by atoms with Crippen LogP contribution in [0.4, 0.5) is 0 Å². The molecule has 1 aliphatic carbocycles. The summed E-state index contributed by atoms with van der Waals surface area (Å²) in [6, 6.07) is 16.4. The Hall–Kier alpha value is -1.60. The minimum absolute atomic E-state index is 0.520. The van der Waals surface area contributed by atoms with Crippen LogP contribution in [0.2, 0.25) is 0 Å². The summed E-state index contributed by atoms with van der Waals surface area (Å²) < 4.78 is 0. The number of hydrogen-bond acceptors (Lipinski definition) is 1. The first kappa shape index (κ1) is 14.3. The van der Waals surface area contributed by atoms with Gasteiger partial charge in [-0.05, 0) is 60.0 Å². The zero-order valence-electron chi connectivity index (χ0n) is 13.3. The van der Waals surface area contributed by atoms with Gasteiger partial charge in [0, 0.05) is 6.04 Å². The molecule has 2 aromatic rings. The van der Waals surface area contributed by atoms with Crippen LogP contribution in [-0.4, -0.2) is 12.6 Å². The predicted molar refractivity (Wildman–Crippen MR) is 90.9 cm³/mol. The second-order valence-corrected chi connectivity index (χ2v) is 6.28. The van der Waals surface area contributed by atoms with Crippen molar-refractivity contribution in [3.8, 4) is 11.1 Å². The molecule has 2 unspecified atom stereocenters. The van der Waals surface area contributed by atoms with Crippen molar-refractivity contribution in [2.75, 3.05) is 6.54 Å². The van der Waals surface area contributed by atoms with Crippen LogP contribution < -0.4 is 5.32 Å². The third-order valence-electron chi connectivity index (χ3n) is 4.81. The fourth-order valence-corrected chi connectivity index (χ4v) is 3.29. The van der Waals surface area contributed by atoms with Crippen molar-refractivity contribution in [2.45, 2.75) is 45.6 Å². The molecule has 1 nitrogen and oxygen atoms in total.